The normalized spacial score (nSPS) is 16.9. The average Bonchev–Trinajstić information content (AvgIpc) is 2.33. The molecule has 98 valence electrons. The SMILES string of the molecule is Cc1cc(N2CCC(N)CC2)c([N+](=O)[O-])cc1F. The molecule has 0 atom stereocenters. The highest BCUT2D eigenvalue weighted by Gasteiger charge is 2.24. The average molecular weight is 253 g/mol. The van der Waals surface area contributed by atoms with E-state index in [4.69, 9.17) is 5.73 Å². The van der Waals surface area contributed by atoms with E-state index < -0.39 is 10.7 Å². The van der Waals surface area contributed by atoms with E-state index in [1.807, 2.05) is 4.90 Å². The number of nitro groups is 1. The third-order valence-electron chi connectivity index (χ3n) is 3.33. The lowest BCUT2D eigenvalue weighted by Crippen LogP contribution is -2.40. The summed E-state index contributed by atoms with van der Waals surface area (Å²) in [6.07, 6.45) is 1.60. The zero-order valence-electron chi connectivity index (χ0n) is 10.2. The van der Waals surface area contributed by atoms with Gasteiger partial charge in [-0.2, -0.15) is 0 Å². The fraction of sp³-hybridized carbons (Fsp3) is 0.500. The number of hydrogen-bond donors (Lipinski definition) is 1. The van der Waals surface area contributed by atoms with Crippen LogP contribution in [0.5, 0.6) is 0 Å². The molecule has 6 heteroatoms. The van der Waals surface area contributed by atoms with Crippen molar-refractivity contribution >= 4 is 11.4 Å². The number of aryl methyl sites for hydroxylation is 1. The number of nitrogens with zero attached hydrogens (tertiary/aromatic N) is 2. The Balaban J connectivity index is 2.36. The predicted molar refractivity (Wildman–Crippen MR) is 67.2 cm³/mol. The Hall–Kier alpha value is -1.69. The summed E-state index contributed by atoms with van der Waals surface area (Å²) >= 11 is 0. The van der Waals surface area contributed by atoms with Gasteiger partial charge in [0.1, 0.15) is 11.5 Å². The van der Waals surface area contributed by atoms with Crippen molar-refractivity contribution in [2.24, 2.45) is 5.73 Å². The molecule has 0 unspecified atom stereocenters. The van der Waals surface area contributed by atoms with Crippen molar-refractivity contribution in [1.82, 2.24) is 0 Å². The molecule has 0 aromatic heterocycles. The second kappa shape index (κ2) is 4.89. The maximum atomic E-state index is 13.4. The van der Waals surface area contributed by atoms with Gasteiger partial charge >= 0.3 is 0 Å². The van der Waals surface area contributed by atoms with Crippen LogP contribution in [0.25, 0.3) is 0 Å². The highest BCUT2D eigenvalue weighted by atomic mass is 19.1. The molecule has 1 fully saturated rings. The maximum absolute atomic E-state index is 13.4. The Kier molecular flexibility index (Phi) is 3.47. The van der Waals surface area contributed by atoms with Crippen molar-refractivity contribution < 1.29 is 9.31 Å². The van der Waals surface area contributed by atoms with E-state index in [9.17, 15) is 14.5 Å². The summed E-state index contributed by atoms with van der Waals surface area (Å²) < 4.78 is 13.4. The highest BCUT2D eigenvalue weighted by Crippen LogP contribution is 2.32. The van der Waals surface area contributed by atoms with Crippen LogP contribution in [-0.4, -0.2) is 24.1 Å². The second-order valence-electron chi connectivity index (χ2n) is 4.67. The van der Waals surface area contributed by atoms with Crippen LogP contribution in [0.4, 0.5) is 15.8 Å². The van der Waals surface area contributed by atoms with Gasteiger partial charge in [0.05, 0.1) is 11.0 Å². The number of piperidine rings is 1. The van der Waals surface area contributed by atoms with Gasteiger partial charge in [-0.3, -0.25) is 10.1 Å². The van der Waals surface area contributed by atoms with E-state index in [0.717, 1.165) is 18.9 Å². The van der Waals surface area contributed by atoms with Crippen LogP contribution in [0, 0.1) is 22.9 Å². The highest BCUT2D eigenvalue weighted by molar-refractivity contribution is 5.65. The first-order valence-electron chi connectivity index (χ1n) is 5.94. The number of halogens is 1. The molecule has 2 N–H and O–H groups in total. The molecule has 0 amide bonds. The van der Waals surface area contributed by atoms with E-state index in [1.165, 1.54) is 0 Å². The molecule has 1 aromatic carbocycles. The molecule has 1 aliphatic heterocycles. The summed E-state index contributed by atoms with van der Waals surface area (Å²) in [6.45, 7) is 2.96. The number of nitro benzene ring substituents is 1. The number of rotatable bonds is 2. The number of anilines is 1. The van der Waals surface area contributed by atoms with E-state index in [-0.39, 0.29) is 11.7 Å². The van der Waals surface area contributed by atoms with Crippen LogP contribution in [0.1, 0.15) is 18.4 Å². The topological polar surface area (TPSA) is 72.4 Å². The standard InChI is InChI=1S/C12H16FN3O2/c1-8-6-11(12(16(17)18)7-10(8)13)15-4-2-9(14)3-5-15/h6-7,9H,2-5,14H2,1H3. The van der Waals surface area contributed by atoms with Gasteiger partial charge in [-0.25, -0.2) is 4.39 Å². The van der Waals surface area contributed by atoms with Crippen LogP contribution >= 0.6 is 0 Å². The summed E-state index contributed by atoms with van der Waals surface area (Å²) in [7, 11) is 0. The minimum atomic E-state index is -0.542. The Bertz CT molecular complexity index is 471. The molecule has 0 aliphatic carbocycles. The summed E-state index contributed by atoms with van der Waals surface area (Å²) in [5, 5.41) is 11.0. The lowest BCUT2D eigenvalue weighted by Gasteiger charge is -2.31. The van der Waals surface area contributed by atoms with Crippen molar-refractivity contribution in [3.63, 3.8) is 0 Å². The number of nitrogens with two attached hydrogens (primary N) is 1. The lowest BCUT2D eigenvalue weighted by molar-refractivity contribution is -0.384. The van der Waals surface area contributed by atoms with E-state index >= 15 is 0 Å². The lowest BCUT2D eigenvalue weighted by atomic mass is 10.0. The van der Waals surface area contributed by atoms with Gasteiger partial charge in [0, 0.05) is 19.1 Å². The Morgan fingerprint density at radius 1 is 1.44 bits per heavy atom. The number of benzene rings is 1. The summed E-state index contributed by atoms with van der Waals surface area (Å²) in [6, 6.07) is 2.70. The van der Waals surface area contributed by atoms with E-state index in [1.54, 1.807) is 13.0 Å². The Labute approximate surface area is 105 Å². The van der Waals surface area contributed by atoms with E-state index in [2.05, 4.69) is 0 Å². The smallest absolute Gasteiger partial charge is 0.295 e. The molecule has 0 spiro atoms. The van der Waals surface area contributed by atoms with Crippen LogP contribution in [0.2, 0.25) is 0 Å². The Morgan fingerprint density at radius 3 is 2.61 bits per heavy atom. The van der Waals surface area contributed by atoms with Crippen molar-refractivity contribution in [3.8, 4) is 0 Å². The number of hydrogen-bond acceptors (Lipinski definition) is 4. The fourth-order valence-corrected chi connectivity index (χ4v) is 2.20. The Morgan fingerprint density at radius 2 is 2.06 bits per heavy atom. The molecule has 1 aliphatic rings. The molecule has 1 heterocycles. The fourth-order valence-electron chi connectivity index (χ4n) is 2.20. The van der Waals surface area contributed by atoms with Crippen molar-refractivity contribution in [3.05, 3.63) is 33.6 Å². The first kappa shape index (κ1) is 12.8. The minimum Gasteiger partial charge on any atom is -0.366 e. The zero-order chi connectivity index (χ0) is 13.3. The molecule has 18 heavy (non-hydrogen) atoms. The second-order valence-corrected chi connectivity index (χ2v) is 4.67. The monoisotopic (exact) mass is 253 g/mol. The molecule has 0 bridgehead atoms. The molecule has 0 radical (unpaired) electrons. The van der Waals surface area contributed by atoms with Gasteiger partial charge < -0.3 is 10.6 Å². The maximum Gasteiger partial charge on any atom is 0.295 e. The van der Waals surface area contributed by atoms with E-state index in [0.29, 0.717) is 24.3 Å². The summed E-state index contributed by atoms with van der Waals surface area (Å²) in [5.74, 6) is -0.542. The molecule has 5 nitrogen and oxygen atoms in total. The summed E-state index contributed by atoms with van der Waals surface area (Å²) in [5.41, 5.74) is 6.55. The van der Waals surface area contributed by atoms with Crippen LogP contribution in [0.15, 0.2) is 12.1 Å². The van der Waals surface area contributed by atoms with Gasteiger partial charge in [0.15, 0.2) is 0 Å². The molecule has 0 saturated carbocycles. The first-order chi connectivity index (χ1) is 8.49. The molecule has 1 aromatic rings. The zero-order valence-corrected chi connectivity index (χ0v) is 10.2. The molecule has 1 saturated heterocycles. The summed E-state index contributed by atoms with van der Waals surface area (Å²) in [4.78, 5) is 12.4. The minimum absolute atomic E-state index is 0.154. The van der Waals surface area contributed by atoms with Crippen LogP contribution in [0.3, 0.4) is 0 Å². The third-order valence-corrected chi connectivity index (χ3v) is 3.33. The quantitative estimate of drug-likeness (QED) is 0.646. The largest absolute Gasteiger partial charge is 0.366 e. The van der Waals surface area contributed by atoms with Gasteiger partial charge in [0.25, 0.3) is 5.69 Å². The van der Waals surface area contributed by atoms with Gasteiger partial charge in [-0.1, -0.05) is 0 Å². The van der Waals surface area contributed by atoms with Crippen molar-refractivity contribution in [2.45, 2.75) is 25.8 Å². The van der Waals surface area contributed by atoms with Gasteiger partial charge in [-0.05, 0) is 31.4 Å². The van der Waals surface area contributed by atoms with Crippen molar-refractivity contribution in [2.75, 3.05) is 18.0 Å². The van der Waals surface area contributed by atoms with Gasteiger partial charge in [0.2, 0.25) is 0 Å². The molecular weight excluding hydrogens is 237 g/mol. The third kappa shape index (κ3) is 2.43. The predicted octanol–water partition coefficient (Wildman–Crippen LogP) is 1.97. The molecule has 2 rings (SSSR count). The van der Waals surface area contributed by atoms with Gasteiger partial charge in [-0.15, -0.1) is 0 Å². The molecular formula is C12H16FN3O2. The van der Waals surface area contributed by atoms with Crippen LogP contribution in [-0.2, 0) is 0 Å². The first-order valence-corrected chi connectivity index (χ1v) is 5.94. The van der Waals surface area contributed by atoms with Crippen molar-refractivity contribution in [1.29, 1.82) is 0 Å². The van der Waals surface area contributed by atoms with Crippen LogP contribution < -0.4 is 10.6 Å².